The smallest absolute Gasteiger partial charge is 0.358 e. The molecule has 0 spiro atoms. The molecule has 0 saturated heterocycles. The Morgan fingerprint density at radius 1 is 1.42 bits per heavy atom. The second-order valence-corrected chi connectivity index (χ2v) is 4.43. The van der Waals surface area contributed by atoms with Gasteiger partial charge in [0.05, 0.1) is 6.54 Å². The van der Waals surface area contributed by atoms with E-state index in [2.05, 4.69) is 18.1 Å². The summed E-state index contributed by atoms with van der Waals surface area (Å²) in [5.74, 6) is -0.556. The van der Waals surface area contributed by atoms with Crippen molar-refractivity contribution in [1.82, 2.24) is 9.72 Å². The van der Waals surface area contributed by atoms with Crippen LogP contribution in [-0.2, 0) is 6.54 Å². The van der Waals surface area contributed by atoms with Crippen LogP contribution in [0.15, 0.2) is 41.1 Å². The van der Waals surface area contributed by atoms with Crippen molar-refractivity contribution in [2.45, 2.75) is 13.5 Å². The highest BCUT2D eigenvalue weighted by atomic mass is 16.5. The highest BCUT2D eigenvalue weighted by molar-refractivity contribution is 5.85. The molecule has 0 fully saturated rings. The second-order valence-electron chi connectivity index (χ2n) is 4.43. The first-order valence-corrected chi connectivity index (χ1v) is 5.88. The van der Waals surface area contributed by atoms with E-state index in [1.807, 2.05) is 29.0 Å². The number of fused-ring (bicyclic) bond motifs is 1. The average molecular weight is 256 g/mol. The summed E-state index contributed by atoms with van der Waals surface area (Å²) in [5.41, 5.74) is 2.23. The average Bonchev–Trinajstić information content (AvgIpc) is 2.98. The van der Waals surface area contributed by atoms with E-state index in [1.54, 1.807) is 0 Å². The van der Waals surface area contributed by atoms with Gasteiger partial charge in [0.25, 0.3) is 0 Å². The Kier molecular flexibility index (Phi) is 2.59. The van der Waals surface area contributed by atoms with Gasteiger partial charge in [-0.15, -0.1) is 0 Å². The van der Waals surface area contributed by atoms with Crippen LogP contribution < -0.4 is 0 Å². The van der Waals surface area contributed by atoms with Crippen molar-refractivity contribution in [3.63, 3.8) is 0 Å². The van der Waals surface area contributed by atoms with Crippen molar-refractivity contribution in [1.29, 1.82) is 0 Å². The standard InChI is InChI=1S/C14H12N2O3/c1-9-3-2-4-13-11(9)5-6-16(13)8-10-7-12(14(17)18)15-19-10/h2-7H,8H2,1H3,(H,17,18). The molecule has 2 aromatic heterocycles. The minimum atomic E-state index is -1.08. The molecule has 5 nitrogen and oxygen atoms in total. The van der Waals surface area contributed by atoms with Gasteiger partial charge in [0, 0.05) is 23.2 Å². The minimum Gasteiger partial charge on any atom is -0.476 e. The molecule has 1 N–H and O–H groups in total. The number of carbonyl (C=O) groups is 1. The molecule has 19 heavy (non-hydrogen) atoms. The lowest BCUT2D eigenvalue weighted by Crippen LogP contribution is -1.97. The number of carboxylic acids is 1. The van der Waals surface area contributed by atoms with E-state index in [9.17, 15) is 4.79 Å². The zero-order valence-corrected chi connectivity index (χ0v) is 10.3. The quantitative estimate of drug-likeness (QED) is 0.782. The SMILES string of the molecule is Cc1cccc2c1ccn2Cc1cc(C(=O)O)no1. The lowest BCUT2D eigenvalue weighted by Gasteiger charge is -2.02. The van der Waals surface area contributed by atoms with Crippen LogP contribution in [0.25, 0.3) is 10.9 Å². The monoisotopic (exact) mass is 256 g/mol. The van der Waals surface area contributed by atoms with Crippen LogP contribution in [0.1, 0.15) is 21.8 Å². The van der Waals surface area contributed by atoms with Gasteiger partial charge in [0.1, 0.15) is 0 Å². The van der Waals surface area contributed by atoms with Crippen LogP contribution in [0.2, 0.25) is 0 Å². The summed E-state index contributed by atoms with van der Waals surface area (Å²) in [6.07, 6.45) is 1.96. The normalized spacial score (nSPS) is 11.0. The third kappa shape index (κ3) is 1.99. The molecular weight excluding hydrogens is 244 g/mol. The van der Waals surface area contributed by atoms with Gasteiger partial charge in [-0.3, -0.25) is 0 Å². The van der Waals surface area contributed by atoms with Crippen LogP contribution in [-0.4, -0.2) is 20.8 Å². The number of benzene rings is 1. The Balaban J connectivity index is 1.96. The third-order valence-corrected chi connectivity index (χ3v) is 3.14. The lowest BCUT2D eigenvalue weighted by molar-refractivity contribution is 0.0685. The molecule has 0 radical (unpaired) electrons. The summed E-state index contributed by atoms with van der Waals surface area (Å²) in [4.78, 5) is 10.7. The summed E-state index contributed by atoms with van der Waals surface area (Å²) in [7, 11) is 0. The predicted octanol–water partition coefficient (Wildman–Crippen LogP) is 2.68. The van der Waals surface area contributed by atoms with Gasteiger partial charge in [0.15, 0.2) is 11.5 Å². The fourth-order valence-electron chi connectivity index (χ4n) is 2.17. The third-order valence-electron chi connectivity index (χ3n) is 3.14. The predicted molar refractivity (Wildman–Crippen MR) is 69.2 cm³/mol. The molecule has 1 aromatic carbocycles. The molecule has 0 aliphatic heterocycles. The number of rotatable bonds is 3. The molecule has 3 aromatic rings. The largest absolute Gasteiger partial charge is 0.476 e. The van der Waals surface area contributed by atoms with Crippen molar-refractivity contribution in [3.8, 4) is 0 Å². The van der Waals surface area contributed by atoms with E-state index in [0.717, 1.165) is 5.52 Å². The fraction of sp³-hybridized carbons (Fsp3) is 0.143. The summed E-state index contributed by atoms with van der Waals surface area (Å²) in [6, 6.07) is 9.57. The summed E-state index contributed by atoms with van der Waals surface area (Å²) in [5, 5.41) is 13.5. The molecule has 0 unspecified atom stereocenters. The number of carboxylic acid groups (broad SMARTS) is 1. The Morgan fingerprint density at radius 3 is 3.00 bits per heavy atom. The first kappa shape index (κ1) is 11.5. The number of aromatic nitrogens is 2. The summed E-state index contributed by atoms with van der Waals surface area (Å²) >= 11 is 0. The number of aromatic carboxylic acids is 1. The Hall–Kier alpha value is -2.56. The van der Waals surface area contributed by atoms with Crippen LogP contribution in [0.4, 0.5) is 0 Å². The maximum atomic E-state index is 10.7. The lowest BCUT2D eigenvalue weighted by atomic mass is 10.1. The molecule has 0 aliphatic rings. The fourth-order valence-corrected chi connectivity index (χ4v) is 2.17. The van der Waals surface area contributed by atoms with E-state index in [1.165, 1.54) is 17.0 Å². The van der Waals surface area contributed by atoms with Gasteiger partial charge < -0.3 is 14.2 Å². The van der Waals surface area contributed by atoms with Crippen molar-refractivity contribution < 1.29 is 14.4 Å². The van der Waals surface area contributed by atoms with Gasteiger partial charge >= 0.3 is 5.97 Å². The van der Waals surface area contributed by atoms with Crippen LogP contribution >= 0.6 is 0 Å². The van der Waals surface area contributed by atoms with Gasteiger partial charge in [-0.25, -0.2) is 4.79 Å². The molecule has 2 heterocycles. The number of nitrogens with zero attached hydrogens (tertiary/aromatic N) is 2. The first-order valence-electron chi connectivity index (χ1n) is 5.88. The maximum Gasteiger partial charge on any atom is 0.358 e. The van der Waals surface area contributed by atoms with Crippen molar-refractivity contribution >= 4 is 16.9 Å². The summed E-state index contributed by atoms with van der Waals surface area (Å²) < 4.78 is 7.04. The highest BCUT2D eigenvalue weighted by Gasteiger charge is 2.12. The van der Waals surface area contributed by atoms with Crippen molar-refractivity contribution in [2.24, 2.45) is 0 Å². The van der Waals surface area contributed by atoms with Gasteiger partial charge in [-0.2, -0.15) is 0 Å². The van der Waals surface area contributed by atoms with E-state index in [4.69, 9.17) is 9.63 Å². The molecule has 5 heteroatoms. The van der Waals surface area contributed by atoms with E-state index in [0.29, 0.717) is 12.3 Å². The van der Waals surface area contributed by atoms with Gasteiger partial charge in [-0.1, -0.05) is 17.3 Å². The van der Waals surface area contributed by atoms with Gasteiger partial charge in [-0.05, 0) is 24.6 Å². The van der Waals surface area contributed by atoms with Crippen molar-refractivity contribution in [2.75, 3.05) is 0 Å². The van der Waals surface area contributed by atoms with Crippen LogP contribution in [0.5, 0.6) is 0 Å². The Labute approximate surface area is 109 Å². The molecular formula is C14H12N2O3. The number of hydrogen-bond acceptors (Lipinski definition) is 3. The molecule has 3 rings (SSSR count). The highest BCUT2D eigenvalue weighted by Crippen LogP contribution is 2.20. The first-order chi connectivity index (χ1) is 9.15. The van der Waals surface area contributed by atoms with Crippen LogP contribution in [0.3, 0.4) is 0 Å². The van der Waals surface area contributed by atoms with E-state index < -0.39 is 5.97 Å². The molecule has 0 saturated carbocycles. The molecule has 96 valence electrons. The van der Waals surface area contributed by atoms with E-state index >= 15 is 0 Å². The van der Waals surface area contributed by atoms with Crippen molar-refractivity contribution in [3.05, 3.63) is 53.5 Å². The van der Waals surface area contributed by atoms with E-state index in [-0.39, 0.29) is 5.69 Å². The number of hydrogen-bond donors (Lipinski definition) is 1. The minimum absolute atomic E-state index is 0.0670. The Morgan fingerprint density at radius 2 is 2.26 bits per heavy atom. The Bertz CT molecular complexity index is 755. The van der Waals surface area contributed by atoms with Crippen LogP contribution in [0, 0.1) is 6.92 Å². The molecule has 0 amide bonds. The van der Waals surface area contributed by atoms with Gasteiger partial charge in [0.2, 0.25) is 0 Å². The maximum absolute atomic E-state index is 10.7. The second kappa shape index (κ2) is 4.28. The molecule has 0 atom stereocenters. The zero-order chi connectivity index (χ0) is 13.4. The summed E-state index contributed by atoms with van der Waals surface area (Å²) in [6.45, 7) is 2.52. The zero-order valence-electron chi connectivity index (χ0n) is 10.3. The molecule has 0 bridgehead atoms. The topological polar surface area (TPSA) is 68.3 Å². The number of aryl methyl sites for hydroxylation is 1. The molecule has 0 aliphatic carbocycles.